The van der Waals surface area contributed by atoms with Gasteiger partial charge in [-0.3, -0.25) is 9.59 Å². The van der Waals surface area contributed by atoms with E-state index in [1.54, 1.807) is 24.0 Å². The van der Waals surface area contributed by atoms with Gasteiger partial charge in [0.15, 0.2) is 11.6 Å². The number of hydrogen-bond donors (Lipinski definition) is 1. The molecule has 3 rings (SSSR count). The summed E-state index contributed by atoms with van der Waals surface area (Å²) in [4.78, 5) is 28.2. The Bertz CT molecular complexity index is 908. The largest absolute Gasteiger partial charge is 0.491 e. The van der Waals surface area contributed by atoms with Crippen molar-refractivity contribution in [1.29, 1.82) is 0 Å². The molecule has 29 heavy (non-hydrogen) atoms. The predicted octanol–water partition coefficient (Wildman–Crippen LogP) is 3.31. The highest BCUT2D eigenvalue weighted by molar-refractivity contribution is 6.05. The van der Waals surface area contributed by atoms with Gasteiger partial charge in [0.05, 0.1) is 12.2 Å². The van der Waals surface area contributed by atoms with Crippen molar-refractivity contribution in [3.63, 3.8) is 0 Å². The van der Waals surface area contributed by atoms with Crippen LogP contribution in [0.1, 0.15) is 17.3 Å². The molecule has 1 aliphatic heterocycles. The van der Waals surface area contributed by atoms with Crippen LogP contribution in [0.2, 0.25) is 0 Å². The van der Waals surface area contributed by atoms with Crippen molar-refractivity contribution in [3.8, 4) is 5.75 Å². The van der Waals surface area contributed by atoms with Gasteiger partial charge in [0.1, 0.15) is 0 Å². The third-order valence-electron chi connectivity index (χ3n) is 4.74. The van der Waals surface area contributed by atoms with Gasteiger partial charge in [0, 0.05) is 37.6 Å². The molecule has 2 amide bonds. The summed E-state index contributed by atoms with van der Waals surface area (Å²) in [5, 5.41) is 2.75. The van der Waals surface area contributed by atoms with Crippen molar-refractivity contribution in [2.45, 2.75) is 6.92 Å². The van der Waals surface area contributed by atoms with Crippen molar-refractivity contribution in [1.82, 2.24) is 4.90 Å². The van der Waals surface area contributed by atoms with Crippen molar-refractivity contribution >= 4 is 23.2 Å². The van der Waals surface area contributed by atoms with Crippen LogP contribution < -0.4 is 15.0 Å². The maximum absolute atomic E-state index is 14.5. The molecule has 2 aromatic rings. The monoisotopic (exact) mass is 397 g/mol. The molecule has 0 unspecified atom stereocenters. The standard InChI is InChI=1S/C22H24FN3O3/c1-3-20(27)26-13-11-25(12-14-26)17-8-5-7-16(15-17)24-22(28)18-9-6-10-19(21(18)23)29-4-2/h3,5-10,15H,1,4,11-14H2,2H3,(H,24,28). The Hall–Kier alpha value is -3.35. The Kier molecular flexibility index (Phi) is 6.49. The first kappa shape index (κ1) is 20.4. The normalized spacial score (nSPS) is 13.7. The average Bonchev–Trinajstić information content (AvgIpc) is 2.75. The van der Waals surface area contributed by atoms with Crippen molar-refractivity contribution in [3.05, 3.63) is 66.5 Å². The van der Waals surface area contributed by atoms with Gasteiger partial charge in [-0.2, -0.15) is 0 Å². The molecule has 0 saturated carbocycles. The van der Waals surface area contributed by atoms with Crippen molar-refractivity contribution in [2.24, 2.45) is 0 Å². The molecular weight excluding hydrogens is 373 g/mol. The van der Waals surface area contributed by atoms with Gasteiger partial charge in [-0.05, 0) is 43.3 Å². The Balaban J connectivity index is 1.69. The maximum Gasteiger partial charge on any atom is 0.258 e. The summed E-state index contributed by atoms with van der Waals surface area (Å²) in [5.41, 5.74) is 1.42. The summed E-state index contributed by atoms with van der Waals surface area (Å²) >= 11 is 0. The van der Waals surface area contributed by atoms with Gasteiger partial charge in [-0.15, -0.1) is 0 Å². The highest BCUT2D eigenvalue weighted by Crippen LogP contribution is 2.24. The third-order valence-corrected chi connectivity index (χ3v) is 4.74. The highest BCUT2D eigenvalue weighted by Gasteiger charge is 2.20. The molecule has 1 N–H and O–H groups in total. The number of piperazine rings is 1. The topological polar surface area (TPSA) is 61.9 Å². The number of carbonyl (C=O) groups is 2. The fraction of sp³-hybridized carbons (Fsp3) is 0.273. The minimum Gasteiger partial charge on any atom is -0.491 e. The molecule has 0 atom stereocenters. The Morgan fingerprint density at radius 1 is 1.17 bits per heavy atom. The quantitative estimate of drug-likeness (QED) is 0.760. The number of anilines is 2. The molecule has 152 valence electrons. The highest BCUT2D eigenvalue weighted by atomic mass is 19.1. The van der Waals surface area contributed by atoms with E-state index in [2.05, 4.69) is 16.8 Å². The van der Waals surface area contributed by atoms with Crippen LogP contribution >= 0.6 is 0 Å². The lowest BCUT2D eigenvalue weighted by atomic mass is 10.1. The van der Waals surface area contributed by atoms with Crippen LogP contribution in [0, 0.1) is 5.82 Å². The molecule has 0 aromatic heterocycles. The molecule has 2 aromatic carbocycles. The SMILES string of the molecule is C=CC(=O)N1CCN(c2cccc(NC(=O)c3cccc(OCC)c3F)c2)CC1. The lowest BCUT2D eigenvalue weighted by Gasteiger charge is -2.35. The van der Waals surface area contributed by atoms with Crippen molar-refractivity contribution in [2.75, 3.05) is 43.0 Å². The van der Waals surface area contributed by atoms with Gasteiger partial charge in [-0.1, -0.05) is 18.7 Å². The molecule has 0 aliphatic carbocycles. The number of nitrogens with one attached hydrogen (secondary N) is 1. The molecular formula is C22H24FN3O3. The zero-order valence-corrected chi connectivity index (χ0v) is 16.4. The summed E-state index contributed by atoms with van der Waals surface area (Å²) < 4.78 is 19.7. The van der Waals surface area contributed by atoms with E-state index in [0.29, 0.717) is 38.5 Å². The van der Waals surface area contributed by atoms with E-state index in [-0.39, 0.29) is 17.2 Å². The van der Waals surface area contributed by atoms with Crippen LogP contribution in [0.3, 0.4) is 0 Å². The van der Waals surface area contributed by atoms with Gasteiger partial charge >= 0.3 is 0 Å². The minimum absolute atomic E-state index is 0.0563. The molecule has 1 saturated heterocycles. The number of amides is 2. The first-order chi connectivity index (χ1) is 14.0. The van der Waals surface area contributed by atoms with Crippen LogP contribution in [-0.2, 0) is 4.79 Å². The minimum atomic E-state index is -0.675. The fourth-order valence-corrected chi connectivity index (χ4v) is 3.25. The van der Waals surface area contributed by atoms with Crippen LogP contribution in [-0.4, -0.2) is 49.5 Å². The Morgan fingerprint density at radius 2 is 1.90 bits per heavy atom. The van der Waals surface area contributed by atoms with Crippen LogP contribution in [0.25, 0.3) is 0 Å². The number of rotatable bonds is 6. The Morgan fingerprint density at radius 3 is 2.59 bits per heavy atom. The van der Waals surface area contributed by atoms with E-state index >= 15 is 0 Å². The molecule has 7 heteroatoms. The smallest absolute Gasteiger partial charge is 0.258 e. The lowest BCUT2D eigenvalue weighted by Crippen LogP contribution is -2.48. The average molecular weight is 397 g/mol. The van der Waals surface area contributed by atoms with Crippen LogP contribution in [0.5, 0.6) is 5.75 Å². The van der Waals surface area contributed by atoms with E-state index in [1.807, 2.05) is 18.2 Å². The van der Waals surface area contributed by atoms with Crippen molar-refractivity contribution < 1.29 is 18.7 Å². The fourth-order valence-electron chi connectivity index (χ4n) is 3.25. The second kappa shape index (κ2) is 9.23. The molecule has 1 aliphatic rings. The van der Waals surface area contributed by atoms with Crippen LogP contribution in [0.15, 0.2) is 55.1 Å². The summed E-state index contributed by atoms with van der Waals surface area (Å²) in [5.74, 6) is -1.23. The van der Waals surface area contributed by atoms with E-state index < -0.39 is 11.7 Å². The van der Waals surface area contributed by atoms with E-state index in [9.17, 15) is 14.0 Å². The van der Waals surface area contributed by atoms with Gasteiger partial charge < -0.3 is 19.9 Å². The molecule has 0 bridgehead atoms. The number of benzene rings is 2. The first-order valence-corrected chi connectivity index (χ1v) is 9.52. The predicted molar refractivity (Wildman–Crippen MR) is 111 cm³/mol. The molecule has 0 radical (unpaired) electrons. The van der Waals surface area contributed by atoms with E-state index in [4.69, 9.17) is 4.74 Å². The zero-order valence-electron chi connectivity index (χ0n) is 16.4. The summed E-state index contributed by atoms with van der Waals surface area (Å²) in [6.45, 7) is 8.17. The first-order valence-electron chi connectivity index (χ1n) is 9.52. The summed E-state index contributed by atoms with van der Waals surface area (Å²) in [6, 6.07) is 11.9. The molecule has 6 nitrogen and oxygen atoms in total. The van der Waals surface area contributed by atoms with E-state index in [0.717, 1.165) is 5.69 Å². The van der Waals surface area contributed by atoms with E-state index in [1.165, 1.54) is 18.2 Å². The zero-order chi connectivity index (χ0) is 20.8. The number of carbonyl (C=O) groups excluding carboxylic acids is 2. The number of halogens is 1. The second-order valence-electron chi connectivity index (χ2n) is 6.57. The van der Waals surface area contributed by atoms with Gasteiger partial charge in [0.25, 0.3) is 5.91 Å². The number of ether oxygens (including phenoxy) is 1. The summed E-state index contributed by atoms with van der Waals surface area (Å²) in [7, 11) is 0. The molecule has 1 heterocycles. The number of hydrogen-bond acceptors (Lipinski definition) is 4. The van der Waals surface area contributed by atoms with Crippen LogP contribution in [0.4, 0.5) is 15.8 Å². The maximum atomic E-state index is 14.5. The summed E-state index contributed by atoms with van der Waals surface area (Å²) in [6.07, 6.45) is 1.32. The Labute approximate surface area is 169 Å². The molecule has 0 spiro atoms. The molecule has 1 fully saturated rings. The van der Waals surface area contributed by atoms with Gasteiger partial charge in [-0.25, -0.2) is 4.39 Å². The second-order valence-corrected chi connectivity index (χ2v) is 6.57. The number of nitrogens with zero attached hydrogens (tertiary/aromatic N) is 2. The third kappa shape index (κ3) is 4.74. The van der Waals surface area contributed by atoms with Gasteiger partial charge in [0.2, 0.25) is 5.91 Å². The lowest BCUT2D eigenvalue weighted by molar-refractivity contribution is -0.126.